The maximum atomic E-state index is 8.81. The minimum Gasteiger partial charge on any atom is -0.488 e. The van der Waals surface area contributed by atoms with E-state index in [9.17, 15) is 0 Å². The Balaban J connectivity index is 2.25. The highest BCUT2D eigenvalue weighted by Crippen LogP contribution is 2.24. The molecular formula is C16H17ClN2O2. The minimum atomic E-state index is -0.0120. The van der Waals surface area contributed by atoms with E-state index < -0.39 is 0 Å². The van der Waals surface area contributed by atoms with Crippen molar-refractivity contribution in [1.82, 2.24) is 0 Å². The average molecular weight is 305 g/mol. The van der Waals surface area contributed by atoms with E-state index in [0.29, 0.717) is 22.9 Å². The molecule has 0 atom stereocenters. The van der Waals surface area contributed by atoms with Gasteiger partial charge in [0.2, 0.25) is 0 Å². The molecule has 0 aliphatic carbocycles. The Bertz CT molecular complexity index is 664. The van der Waals surface area contributed by atoms with E-state index in [1.165, 1.54) is 11.1 Å². The third-order valence-corrected chi connectivity index (χ3v) is 3.24. The van der Waals surface area contributed by atoms with Gasteiger partial charge in [0.05, 0.1) is 5.56 Å². The number of halogens is 1. The largest absolute Gasteiger partial charge is 0.488 e. The molecule has 0 saturated carbocycles. The zero-order chi connectivity index (χ0) is 15.4. The molecule has 0 saturated heterocycles. The zero-order valence-corrected chi connectivity index (χ0v) is 12.7. The number of ether oxygens (including phenoxy) is 1. The Morgan fingerprint density at radius 2 is 1.86 bits per heavy atom. The number of nitrogens with two attached hydrogens (primary N) is 1. The lowest BCUT2D eigenvalue weighted by Crippen LogP contribution is -2.14. The Labute approximate surface area is 128 Å². The van der Waals surface area contributed by atoms with Gasteiger partial charge in [-0.15, -0.1) is 0 Å². The number of nitrogens with zero attached hydrogens (tertiary/aromatic N) is 1. The molecule has 0 aliphatic rings. The van der Waals surface area contributed by atoms with Gasteiger partial charge in [0.15, 0.2) is 5.84 Å². The molecule has 110 valence electrons. The van der Waals surface area contributed by atoms with Crippen molar-refractivity contribution < 1.29 is 9.94 Å². The predicted molar refractivity (Wildman–Crippen MR) is 84.2 cm³/mol. The first-order valence-electron chi connectivity index (χ1n) is 6.47. The number of rotatable bonds is 4. The topological polar surface area (TPSA) is 67.8 Å². The smallest absolute Gasteiger partial charge is 0.173 e. The van der Waals surface area contributed by atoms with Crippen LogP contribution in [0.15, 0.2) is 41.6 Å². The average Bonchev–Trinajstić information content (AvgIpc) is 2.43. The summed E-state index contributed by atoms with van der Waals surface area (Å²) in [4.78, 5) is 0. The summed E-state index contributed by atoms with van der Waals surface area (Å²) in [6.45, 7) is 4.46. The number of amidine groups is 1. The van der Waals surface area contributed by atoms with Crippen LogP contribution >= 0.6 is 11.6 Å². The lowest BCUT2D eigenvalue weighted by atomic mass is 10.1. The van der Waals surface area contributed by atoms with Crippen molar-refractivity contribution in [1.29, 1.82) is 0 Å². The van der Waals surface area contributed by atoms with Crippen LogP contribution in [0.3, 0.4) is 0 Å². The van der Waals surface area contributed by atoms with E-state index in [1.54, 1.807) is 18.2 Å². The van der Waals surface area contributed by atoms with Crippen molar-refractivity contribution in [3.8, 4) is 5.75 Å². The van der Waals surface area contributed by atoms with Crippen LogP contribution in [0.4, 0.5) is 0 Å². The Morgan fingerprint density at radius 1 is 1.19 bits per heavy atom. The monoisotopic (exact) mass is 304 g/mol. The second kappa shape index (κ2) is 6.50. The molecule has 0 fully saturated rings. The summed E-state index contributed by atoms with van der Waals surface area (Å²) in [7, 11) is 0. The standard InChI is InChI=1S/C16H17ClN2O2/c1-10-5-11(2)7-12(6-10)9-21-15-8-13(17)3-4-14(15)16(18)19-20/h3-8,20H,9H2,1-2H3,(H2,18,19). The first kappa shape index (κ1) is 15.2. The van der Waals surface area contributed by atoms with Crippen molar-refractivity contribution in [3.05, 3.63) is 63.7 Å². The van der Waals surface area contributed by atoms with Crippen molar-refractivity contribution in [3.63, 3.8) is 0 Å². The van der Waals surface area contributed by atoms with Crippen LogP contribution in [-0.2, 0) is 6.61 Å². The molecule has 0 aromatic heterocycles. The van der Waals surface area contributed by atoms with Crippen LogP contribution in [0.2, 0.25) is 5.02 Å². The summed E-state index contributed by atoms with van der Waals surface area (Å²) in [6.07, 6.45) is 0. The van der Waals surface area contributed by atoms with E-state index in [1.807, 2.05) is 13.8 Å². The number of aryl methyl sites for hydroxylation is 2. The zero-order valence-electron chi connectivity index (χ0n) is 11.9. The van der Waals surface area contributed by atoms with Crippen LogP contribution in [0, 0.1) is 13.8 Å². The number of hydrogen-bond donors (Lipinski definition) is 2. The molecule has 2 aromatic rings. The Kier molecular flexibility index (Phi) is 4.70. The van der Waals surface area contributed by atoms with Gasteiger partial charge < -0.3 is 15.7 Å². The van der Waals surface area contributed by atoms with Gasteiger partial charge in [0.1, 0.15) is 12.4 Å². The van der Waals surface area contributed by atoms with Crippen molar-refractivity contribution in [2.45, 2.75) is 20.5 Å². The third-order valence-electron chi connectivity index (χ3n) is 3.00. The molecule has 0 radical (unpaired) electrons. The van der Waals surface area contributed by atoms with Gasteiger partial charge in [-0.3, -0.25) is 0 Å². The van der Waals surface area contributed by atoms with E-state index in [0.717, 1.165) is 5.56 Å². The van der Waals surface area contributed by atoms with E-state index in [-0.39, 0.29) is 5.84 Å². The molecule has 0 spiro atoms. The van der Waals surface area contributed by atoms with Crippen molar-refractivity contribution in [2.75, 3.05) is 0 Å². The lowest BCUT2D eigenvalue weighted by Gasteiger charge is -2.12. The van der Waals surface area contributed by atoms with Gasteiger partial charge in [-0.2, -0.15) is 0 Å². The Hall–Kier alpha value is -2.20. The van der Waals surface area contributed by atoms with Gasteiger partial charge in [0.25, 0.3) is 0 Å². The fourth-order valence-corrected chi connectivity index (χ4v) is 2.36. The number of benzene rings is 2. The van der Waals surface area contributed by atoms with Crippen LogP contribution in [0.25, 0.3) is 0 Å². The highest BCUT2D eigenvalue weighted by Gasteiger charge is 2.10. The summed E-state index contributed by atoms with van der Waals surface area (Å²) in [5, 5.41) is 12.3. The first-order valence-corrected chi connectivity index (χ1v) is 6.85. The van der Waals surface area contributed by atoms with Crippen LogP contribution < -0.4 is 10.5 Å². The van der Waals surface area contributed by atoms with Gasteiger partial charge in [-0.1, -0.05) is 46.1 Å². The predicted octanol–water partition coefficient (Wildman–Crippen LogP) is 3.63. The second-order valence-electron chi connectivity index (χ2n) is 4.91. The van der Waals surface area contributed by atoms with Gasteiger partial charge in [-0.25, -0.2) is 0 Å². The van der Waals surface area contributed by atoms with Gasteiger partial charge in [-0.05, 0) is 37.6 Å². The number of hydrogen-bond acceptors (Lipinski definition) is 3. The summed E-state index contributed by atoms with van der Waals surface area (Å²) >= 11 is 5.97. The quantitative estimate of drug-likeness (QED) is 0.392. The summed E-state index contributed by atoms with van der Waals surface area (Å²) in [5.74, 6) is 0.471. The lowest BCUT2D eigenvalue weighted by molar-refractivity contribution is 0.303. The molecule has 21 heavy (non-hydrogen) atoms. The molecule has 2 aromatic carbocycles. The molecule has 4 nitrogen and oxygen atoms in total. The van der Waals surface area contributed by atoms with Crippen molar-refractivity contribution in [2.24, 2.45) is 10.9 Å². The fourth-order valence-electron chi connectivity index (χ4n) is 2.19. The highest BCUT2D eigenvalue weighted by atomic mass is 35.5. The molecule has 3 N–H and O–H groups in total. The SMILES string of the molecule is Cc1cc(C)cc(COc2cc(Cl)ccc2/C(N)=N/O)c1. The normalized spacial score (nSPS) is 11.5. The molecule has 0 unspecified atom stereocenters. The van der Waals surface area contributed by atoms with Crippen LogP contribution in [-0.4, -0.2) is 11.0 Å². The van der Waals surface area contributed by atoms with Crippen molar-refractivity contribution >= 4 is 17.4 Å². The minimum absolute atomic E-state index is 0.0120. The maximum absolute atomic E-state index is 8.81. The van der Waals surface area contributed by atoms with Crippen LogP contribution in [0.1, 0.15) is 22.3 Å². The molecule has 0 bridgehead atoms. The van der Waals surface area contributed by atoms with E-state index >= 15 is 0 Å². The molecule has 0 heterocycles. The van der Waals surface area contributed by atoms with Gasteiger partial charge in [0, 0.05) is 5.02 Å². The highest BCUT2D eigenvalue weighted by molar-refractivity contribution is 6.30. The number of oxime groups is 1. The van der Waals surface area contributed by atoms with E-state index in [4.69, 9.17) is 27.3 Å². The summed E-state index contributed by atoms with van der Waals surface area (Å²) < 4.78 is 5.78. The van der Waals surface area contributed by atoms with Crippen LogP contribution in [0.5, 0.6) is 5.75 Å². The molecule has 2 rings (SSSR count). The third kappa shape index (κ3) is 3.89. The summed E-state index contributed by atoms with van der Waals surface area (Å²) in [6, 6.07) is 11.2. The first-order chi connectivity index (χ1) is 9.99. The van der Waals surface area contributed by atoms with Gasteiger partial charge >= 0.3 is 0 Å². The maximum Gasteiger partial charge on any atom is 0.173 e. The molecular weight excluding hydrogens is 288 g/mol. The Morgan fingerprint density at radius 3 is 2.48 bits per heavy atom. The molecule has 0 amide bonds. The summed E-state index contributed by atoms with van der Waals surface area (Å²) in [5.41, 5.74) is 9.55. The van der Waals surface area contributed by atoms with E-state index in [2.05, 4.69) is 23.4 Å². The molecule has 5 heteroatoms. The fraction of sp³-hybridized carbons (Fsp3) is 0.188. The molecule has 0 aliphatic heterocycles. The second-order valence-corrected chi connectivity index (χ2v) is 5.35.